The Morgan fingerprint density at radius 1 is 0.966 bits per heavy atom. The first-order valence-corrected chi connectivity index (χ1v) is 9.63. The molecule has 2 heterocycles. The quantitative estimate of drug-likeness (QED) is 0.548. The summed E-state index contributed by atoms with van der Waals surface area (Å²) in [5.41, 5.74) is 2.18. The molecule has 0 amide bonds. The number of ether oxygens (including phenoxy) is 3. The highest BCUT2D eigenvalue weighted by Crippen LogP contribution is 2.37. The summed E-state index contributed by atoms with van der Waals surface area (Å²) >= 11 is 0. The lowest BCUT2D eigenvalue weighted by molar-refractivity contribution is -0.140. The molecule has 0 unspecified atom stereocenters. The maximum atomic E-state index is 12.6. The molecular formula is C21H26N2O6. The van der Waals surface area contributed by atoms with Crippen LogP contribution in [0.1, 0.15) is 36.5 Å². The van der Waals surface area contributed by atoms with Crippen LogP contribution in [0.2, 0.25) is 0 Å². The minimum absolute atomic E-state index is 0.0487. The van der Waals surface area contributed by atoms with E-state index in [1.807, 2.05) is 6.07 Å². The molecule has 3 rings (SSSR count). The van der Waals surface area contributed by atoms with Crippen molar-refractivity contribution in [3.05, 3.63) is 35.0 Å². The molecule has 0 aromatic heterocycles. The number of hydrogen-bond donors (Lipinski definition) is 0. The van der Waals surface area contributed by atoms with Gasteiger partial charge in [0, 0.05) is 18.7 Å². The Hall–Kier alpha value is -2.87. The van der Waals surface area contributed by atoms with E-state index in [4.69, 9.17) is 14.2 Å². The van der Waals surface area contributed by atoms with Crippen molar-refractivity contribution in [2.24, 2.45) is 0 Å². The van der Waals surface area contributed by atoms with Gasteiger partial charge in [0.05, 0.1) is 37.8 Å². The van der Waals surface area contributed by atoms with Crippen LogP contribution in [0.15, 0.2) is 29.5 Å². The van der Waals surface area contributed by atoms with Gasteiger partial charge < -0.3 is 24.0 Å². The fourth-order valence-corrected chi connectivity index (χ4v) is 3.69. The third kappa shape index (κ3) is 4.27. The van der Waals surface area contributed by atoms with Crippen LogP contribution in [-0.2, 0) is 23.8 Å². The van der Waals surface area contributed by atoms with Crippen LogP contribution in [0.5, 0.6) is 0 Å². The highest BCUT2D eigenvalue weighted by molar-refractivity contribution is 6.05. The first-order chi connectivity index (χ1) is 14.0. The van der Waals surface area contributed by atoms with Crippen LogP contribution in [0.25, 0.3) is 0 Å². The van der Waals surface area contributed by atoms with Gasteiger partial charge in [-0.05, 0) is 44.4 Å². The largest absolute Gasteiger partial charge is 0.466 e. The van der Waals surface area contributed by atoms with Crippen LogP contribution >= 0.6 is 0 Å². The monoisotopic (exact) mass is 402 g/mol. The van der Waals surface area contributed by atoms with E-state index < -0.39 is 11.9 Å². The van der Waals surface area contributed by atoms with Crippen molar-refractivity contribution in [2.45, 2.75) is 26.2 Å². The molecule has 29 heavy (non-hydrogen) atoms. The third-order valence-corrected chi connectivity index (χ3v) is 5.20. The lowest BCUT2D eigenvalue weighted by Gasteiger charge is -2.37. The highest BCUT2D eigenvalue weighted by Gasteiger charge is 2.34. The maximum Gasteiger partial charge on any atom is 0.355 e. The van der Waals surface area contributed by atoms with Gasteiger partial charge in [0.15, 0.2) is 5.78 Å². The summed E-state index contributed by atoms with van der Waals surface area (Å²) in [4.78, 5) is 40.7. The molecule has 8 heteroatoms. The average Bonchev–Trinajstić information content (AvgIpc) is 2.77. The van der Waals surface area contributed by atoms with Crippen molar-refractivity contribution in [2.75, 3.05) is 50.4 Å². The number of nitrogens with zero attached hydrogens (tertiary/aromatic N) is 2. The number of anilines is 2. The van der Waals surface area contributed by atoms with Crippen LogP contribution in [0.3, 0.4) is 0 Å². The second-order valence-electron chi connectivity index (χ2n) is 7.02. The summed E-state index contributed by atoms with van der Waals surface area (Å²) in [6.45, 7) is 3.24. The van der Waals surface area contributed by atoms with E-state index >= 15 is 0 Å². The molecule has 0 bridgehead atoms. The first-order valence-electron chi connectivity index (χ1n) is 9.63. The van der Waals surface area contributed by atoms with E-state index in [9.17, 15) is 14.4 Å². The van der Waals surface area contributed by atoms with Gasteiger partial charge in [0.25, 0.3) is 0 Å². The number of benzene rings is 1. The Labute approximate surface area is 170 Å². The van der Waals surface area contributed by atoms with Crippen LogP contribution in [0.4, 0.5) is 11.4 Å². The van der Waals surface area contributed by atoms with Crippen molar-refractivity contribution < 1.29 is 28.6 Å². The third-order valence-electron chi connectivity index (χ3n) is 5.20. The minimum atomic E-state index is -0.661. The van der Waals surface area contributed by atoms with Gasteiger partial charge in [-0.15, -0.1) is 0 Å². The van der Waals surface area contributed by atoms with Gasteiger partial charge in [0.2, 0.25) is 0 Å². The molecule has 0 radical (unpaired) electrons. The van der Waals surface area contributed by atoms with E-state index in [0.717, 1.165) is 31.6 Å². The molecule has 0 atom stereocenters. The van der Waals surface area contributed by atoms with Gasteiger partial charge in [0.1, 0.15) is 12.4 Å². The zero-order valence-corrected chi connectivity index (χ0v) is 17.0. The number of esters is 2. The Morgan fingerprint density at radius 3 is 2.28 bits per heavy atom. The van der Waals surface area contributed by atoms with Crippen molar-refractivity contribution in [3.63, 3.8) is 0 Å². The molecule has 2 aliphatic heterocycles. The molecule has 1 aromatic carbocycles. The zero-order chi connectivity index (χ0) is 21.0. The topological polar surface area (TPSA) is 85.4 Å². The predicted molar refractivity (Wildman–Crippen MR) is 107 cm³/mol. The second-order valence-corrected chi connectivity index (χ2v) is 7.02. The number of hydrogen-bond acceptors (Lipinski definition) is 8. The van der Waals surface area contributed by atoms with E-state index in [-0.39, 0.29) is 30.4 Å². The van der Waals surface area contributed by atoms with Crippen molar-refractivity contribution in [1.29, 1.82) is 0 Å². The minimum Gasteiger partial charge on any atom is -0.466 e. The Balaban J connectivity index is 2.17. The summed E-state index contributed by atoms with van der Waals surface area (Å²) in [7, 11) is 2.51. The van der Waals surface area contributed by atoms with Crippen molar-refractivity contribution in [1.82, 2.24) is 0 Å². The summed E-state index contributed by atoms with van der Waals surface area (Å²) in [5, 5.41) is 0. The smallest absolute Gasteiger partial charge is 0.355 e. The summed E-state index contributed by atoms with van der Waals surface area (Å²) in [6, 6.07) is 5.40. The van der Waals surface area contributed by atoms with E-state index in [1.54, 1.807) is 17.0 Å². The first kappa shape index (κ1) is 20.9. The Morgan fingerprint density at radius 2 is 1.66 bits per heavy atom. The van der Waals surface area contributed by atoms with E-state index in [0.29, 0.717) is 11.3 Å². The molecule has 156 valence electrons. The number of piperidine rings is 1. The molecule has 8 nitrogen and oxygen atoms in total. The fraction of sp³-hybridized carbons (Fsp3) is 0.476. The predicted octanol–water partition coefficient (Wildman–Crippen LogP) is 2.27. The molecule has 0 saturated carbocycles. The second kappa shape index (κ2) is 9.09. The van der Waals surface area contributed by atoms with Gasteiger partial charge in [-0.3, -0.25) is 4.79 Å². The maximum absolute atomic E-state index is 12.6. The molecule has 0 aliphatic carbocycles. The molecule has 1 saturated heterocycles. The van der Waals surface area contributed by atoms with Gasteiger partial charge in [-0.1, -0.05) is 0 Å². The highest BCUT2D eigenvalue weighted by atomic mass is 16.5. The lowest BCUT2D eigenvalue weighted by Crippen LogP contribution is -2.40. The van der Waals surface area contributed by atoms with Gasteiger partial charge in [-0.2, -0.15) is 0 Å². The van der Waals surface area contributed by atoms with Crippen molar-refractivity contribution in [3.8, 4) is 0 Å². The van der Waals surface area contributed by atoms with Crippen LogP contribution in [-0.4, -0.2) is 58.4 Å². The molecule has 1 aromatic rings. The molecule has 0 spiro atoms. The van der Waals surface area contributed by atoms with Crippen molar-refractivity contribution >= 4 is 29.1 Å². The number of Topliss-reactive ketones (excluding diaryl/α,β-unsaturated/α-hetero) is 1. The number of carbonyl (C=O) groups excluding carboxylic acids is 3. The SMILES string of the molecule is COC(=O)C1=C(C(=O)OC)N(c2cc(C(C)=O)ccc2N2CCCCC2)COC1. The molecule has 0 N–H and O–H groups in total. The average molecular weight is 402 g/mol. The summed E-state index contributed by atoms with van der Waals surface area (Å²) in [6.07, 6.45) is 3.30. The molecular weight excluding hydrogens is 376 g/mol. The normalized spacial score (nSPS) is 17.2. The van der Waals surface area contributed by atoms with Crippen LogP contribution in [0, 0.1) is 0 Å². The summed E-state index contributed by atoms with van der Waals surface area (Å²) in [5.74, 6) is -1.41. The number of methoxy groups -OCH3 is 2. The fourth-order valence-electron chi connectivity index (χ4n) is 3.69. The zero-order valence-electron chi connectivity index (χ0n) is 17.0. The van der Waals surface area contributed by atoms with E-state index in [2.05, 4.69) is 4.90 Å². The van der Waals surface area contributed by atoms with E-state index in [1.165, 1.54) is 27.6 Å². The standard InChI is InChI=1S/C21H26N2O6/c1-14(24)15-7-8-17(22-9-5-4-6-10-22)18(11-15)23-13-29-12-16(20(25)27-2)19(23)21(26)28-3/h7-8,11H,4-6,9-10,12-13H2,1-3H3. The number of ketones is 1. The summed E-state index contributed by atoms with van der Waals surface area (Å²) < 4.78 is 15.4. The van der Waals surface area contributed by atoms with Gasteiger partial charge >= 0.3 is 11.9 Å². The lowest BCUT2D eigenvalue weighted by atomic mass is 10.0. The Bertz CT molecular complexity index is 842. The molecule has 2 aliphatic rings. The van der Waals surface area contributed by atoms with Crippen LogP contribution < -0.4 is 9.80 Å². The van der Waals surface area contributed by atoms with Gasteiger partial charge in [-0.25, -0.2) is 9.59 Å². The number of carbonyl (C=O) groups is 3. The Kier molecular flexibility index (Phi) is 6.53. The molecule has 1 fully saturated rings. The number of rotatable bonds is 5.